The lowest BCUT2D eigenvalue weighted by molar-refractivity contribution is 0.476. The monoisotopic (exact) mass is 333 g/mol. The van der Waals surface area contributed by atoms with Gasteiger partial charge in [-0.3, -0.25) is 9.40 Å². The van der Waals surface area contributed by atoms with E-state index < -0.39 is 21.6 Å². The number of benzene rings is 1. The lowest BCUT2D eigenvalue weighted by Gasteiger charge is -2.11. The number of nitrogens with zero attached hydrogens (tertiary/aromatic N) is 2. The molecule has 0 fully saturated rings. The fourth-order valence-electron chi connectivity index (χ4n) is 1.98. The summed E-state index contributed by atoms with van der Waals surface area (Å²) >= 11 is 5.62. The van der Waals surface area contributed by atoms with Gasteiger partial charge in [-0.1, -0.05) is 11.6 Å². The molecule has 21 heavy (non-hydrogen) atoms. The summed E-state index contributed by atoms with van der Waals surface area (Å²) in [6.45, 7) is 3.13. The molecule has 0 aliphatic carbocycles. The number of halogens is 2. The van der Waals surface area contributed by atoms with Crippen LogP contribution in [0.3, 0.4) is 0 Å². The zero-order chi connectivity index (χ0) is 15.9. The lowest BCUT2D eigenvalue weighted by atomic mass is 10.3. The van der Waals surface area contributed by atoms with Crippen LogP contribution in [0.2, 0.25) is 5.02 Å². The van der Waals surface area contributed by atoms with E-state index in [2.05, 4.69) is 9.82 Å². The third kappa shape index (κ3) is 2.81. The van der Waals surface area contributed by atoms with Crippen molar-refractivity contribution in [2.45, 2.75) is 18.7 Å². The van der Waals surface area contributed by atoms with Crippen LogP contribution in [0.25, 0.3) is 0 Å². The van der Waals surface area contributed by atoms with Gasteiger partial charge >= 0.3 is 0 Å². The average Bonchev–Trinajstić information content (AvgIpc) is 2.59. The van der Waals surface area contributed by atoms with Crippen LogP contribution in [-0.2, 0) is 17.1 Å². The van der Waals surface area contributed by atoms with E-state index in [-0.39, 0.29) is 15.6 Å². The maximum absolute atomic E-state index is 13.3. The maximum atomic E-state index is 13.3. The van der Waals surface area contributed by atoms with Crippen molar-refractivity contribution < 1.29 is 17.9 Å². The van der Waals surface area contributed by atoms with Gasteiger partial charge in [0, 0.05) is 13.1 Å². The van der Waals surface area contributed by atoms with Crippen molar-refractivity contribution >= 4 is 27.3 Å². The highest BCUT2D eigenvalue weighted by atomic mass is 35.5. The predicted molar refractivity (Wildman–Crippen MR) is 76.6 cm³/mol. The molecule has 9 heteroatoms. The molecule has 0 spiro atoms. The molecule has 0 amide bonds. The number of phenolic OH excluding ortho intramolecular Hbond substituents is 1. The molecule has 0 saturated heterocycles. The Kier molecular flexibility index (Phi) is 3.85. The summed E-state index contributed by atoms with van der Waals surface area (Å²) in [6.07, 6.45) is 0. The molecule has 2 rings (SSSR count). The van der Waals surface area contributed by atoms with E-state index >= 15 is 0 Å². The molecule has 1 aromatic heterocycles. The number of aromatic nitrogens is 2. The Morgan fingerprint density at radius 1 is 1.38 bits per heavy atom. The first-order chi connectivity index (χ1) is 9.63. The second-order valence-corrected chi connectivity index (χ2v) is 6.54. The zero-order valence-corrected chi connectivity index (χ0v) is 13.0. The highest BCUT2D eigenvalue weighted by Gasteiger charge is 2.25. The number of hydrogen-bond donors (Lipinski definition) is 2. The summed E-state index contributed by atoms with van der Waals surface area (Å²) in [5.74, 6) is -1.31. The smallest absolute Gasteiger partial charge is 0.265 e. The van der Waals surface area contributed by atoms with E-state index in [1.54, 1.807) is 20.9 Å². The molecule has 6 nitrogen and oxygen atoms in total. The first-order valence-corrected chi connectivity index (χ1v) is 7.70. The minimum Gasteiger partial charge on any atom is -0.504 e. The molecular weight excluding hydrogens is 321 g/mol. The van der Waals surface area contributed by atoms with Crippen LogP contribution in [0.15, 0.2) is 17.0 Å². The highest BCUT2D eigenvalue weighted by Crippen LogP contribution is 2.34. The van der Waals surface area contributed by atoms with Crippen LogP contribution in [0.5, 0.6) is 5.75 Å². The number of anilines is 1. The molecule has 0 aliphatic heterocycles. The van der Waals surface area contributed by atoms with Gasteiger partial charge in [-0.25, -0.2) is 12.8 Å². The molecule has 0 bridgehead atoms. The molecule has 2 N–H and O–H groups in total. The van der Waals surface area contributed by atoms with Gasteiger partial charge in [0.25, 0.3) is 10.0 Å². The number of aryl methyl sites for hydroxylation is 2. The summed E-state index contributed by atoms with van der Waals surface area (Å²) in [5.41, 5.74) is 0.383. The van der Waals surface area contributed by atoms with Crippen LogP contribution in [0.4, 0.5) is 10.1 Å². The normalized spacial score (nSPS) is 11.7. The Balaban J connectivity index is 2.52. The summed E-state index contributed by atoms with van der Waals surface area (Å²) < 4.78 is 41.6. The quantitative estimate of drug-likeness (QED) is 0.844. The summed E-state index contributed by atoms with van der Waals surface area (Å²) in [5, 5.41) is 13.5. The number of aromatic hydroxyl groups is 1. The number of sulfonamides is 1. The minimum atomic E-state index is -4.03. The van der Waals surface area contributed by atoms with E-state index in [4.69, 9.17) is 11.6 Å². The highest BCUT2D eigenvalue weighted by molar-refractivity contribution is 7.92. The van der Waals surface area contributed by atoms with E-state index in [0.717, 1.165) is 12.1 Å². The standard InChI is InChI=1S/C12H13ClFN3O3S/c1-6-12(7(2)17(3)15-6)21(19,20)16-10-5-8(14)4-9(13)11(10)18/h4-5,16,18H,1-3H3. The van der Waals surface area contributed by atoms with Crippen molar-refractivity contribution in [3.8, 4) is 5.75 Å². The van der Waals surface area contributed by atoms with Gasteiger partial charge in [0.15, 0.2) is 5.75 Å². The van der Waals surface area contributed by atoms with Gasteiger partial charge in [-0.15, -0.1) is 0 Å². The Morgan fingerprint density at radius 3 is 2.52 bits per heavy atom. The molecule has 0 unspecified atom stereocenters. The molecule has 1 heterocycles. The van der Waals surface area contributed by atoms with Crippen molar-refractivity contribution in [2.75, 3.05) is 4.72 Å². The van der Waals surface area contributed by atoms with Crippen LogP contribution in [0.1, 0.15) is 11.4 Å². The lowest BCUT2D eigenvalue weighted by Crippen LogP contribution is -2.15. The summed E-state index contributed by atoms with van der Waals surface area (Å²) in [6, 6.07) is 1.73. The van der Waals surface area contributed by atoms with Gasteiger partial charge in [0.1, 0.15) is 10.7 Å². The van der Waals surface area contributed by atoms with Crippen molar-refractivity contribution in [2.24, 2.45) is 7.05 Å². The van der Waals surface area contributed by atoms with Gasteiger partial charge in [-0.2, -0.15) is 5.10 Å². The molecule has 0 radical (unpaired) electrons. The number of hydrogen-bond acceptors (Lipinski definition) is 4. The summed E-state index contributed by atoms with van der Waals surface area (Å²) in [4.78, 5) is -0.0233. The first kappa shape index (κ1) is 15.6. The SMILES string of the molecule is Cc1nn(C)c(C)c1S(=O)(=O)Nc1cc(F)cc(Cl)c1O. The predicted octanol–water partition coefficient (Wildman–Crippen LogP) is 2.34. The van der Waals surface area contributed by atoms with Gasteiger partial charge in [0.2, 0.25) is 0 Å². The Labute approximate surface area is 126 Å². The van der Waals surface area contributed by atoms with E-state index in [1.807, 2.05) is 0 Å². The molecule has 0 atom stereocenters. The maximum Gasteiger partial charge on any atom is 0.265 e. The molecule has 1 aromatic carbocycles. The van der Waals surface area contributed by atoms with Crippen LogP contribution in [-0.4, -0.2) is 23.3 Å². The topological polar surface area (TPSA) is 84.2 Å². The van der Waals surface area contributed by atoms with E-state index in [9.17, 15) is 17.9 Å². The van der Waals surface area contributed by atoms with Crippen LogP contribution in [0, 0.1) is 19.7 Å². The number of rotatable bonds is 3. The molecule has 0 aliphatic rings. The van der Waals surface area contributed by atoms with Crippen LogP contribution >= 0.6 is 11.6 Å². The largest absolute Gasteiger partial charge is 0.504 e. The third-order valence-electron chi connectivity index (χ3n) is 2.98. The average molecular weight is 334 g/mol. The van der Waals surface area contributed by atoms with E-state index in [0.29, 0.717) is 11.4 Å². The molecular formula is C12H13ClFN3O3S. The Bertz CT molecular complexity index is 818. The second-order valence-electron chi connectivity index (χ2n) is 4.51. The Morgan fingerprint density at radius 2 is 2.00 bits per heavy atom. The fraction of sp³-hybridized carbons (Fsp3) is 0.250. The van der Waals surface area contributed by atoms with Gasteiger partial charge in [-0.05, 0) is 19.9 Å². The van der Waals surface area contributed by atoms with Gasteiger partial charge in [0.05, 0.1) is 22.1 Å². The second kappa shape index (κ2) is 5.19. The third-order valence-corrected chi connectivity index (χ3v) is 4.89. The Hall–Kier alpha value is -1.80. The van der Waals surface area contributed by atoms with Crippen molar-refractivity contribution in [3.63, 3.8) is 0 Å². The van der Waals surface area contributed by atoms with Crippen molar-refractivity contribution in [3.05, 3.63) is 34.4 Å². The van der Waals surface area contributed by atoms with E-state index in [1.165, 1.54) is 4.68 Å². The van der Waals surface area contributed by atoms with Crippen molar-refractivity contribution in [1.29, 1.82) is 0 Å². The molecule has 114 valence electrons. The fourth-order valence-corrected chi connectivity index (χ4v) is 3.69. The number of nitrogens with one attached hydrogen (secondary N) is 1. The minimum absolute atomic E-state index is 0.0233. The molecule has 2 aromatic rings. The van der Waals surface area contributed by atoms with Gasteiger partial charge < -0.3 is 5.11 Å². The zero-order valence-electron chi connectivity index (χ0n) is 11.5. The van der Waals surface area contributed by atoms with Crippen LogP contribution < -0.4 is 4.72 Å². The first-order valence-electron chi connectivity index (χ1n) is 5.84. The number of phenols is 1. The van der Waals surface area contributed by atoms with Crippen molar-refractivity contribution in [1.82, 2.24) is 9.78 Å². The molecule has 0 saturated carbocycles. The summed E-state index contributed by atoms with van der Waals surface area (Å²) in [7, 11) is -2.42.